The van der Waals surface area contributed by atoms with Gasteiger partial charge in [0.1, 0.15) is 0 Å². The third-order valence-corrected chi connectivity index (χ3v) is 10.4. The molecule has 244 valence electrons. The highest BCUT2D eigenvalue weighted by atomic mass is 15.2. The minimum absolute atomic E-state index is 0.312. The molecular formula is C49H38N2. The largest absolute Gasteiger partial charge is 0.310 e. The van der Waals surface area contributed by atoms with E-state index in [1.54, 1.807) is 0 Å². The van der Waals surface area contributed by atoms with Crippen molar-refractivity contribution >= 4 is 44.9 Å². The van der Waals surface area contributed by atoms with E-state index in [4.69, 9.17) is 0 Å². The maximum Gasteiger partial charge on any atom is 0.0618 e. The quantitative estimate of drug-likeness (QED) is 0.176. The Morgan fingerprint density at radius 1 is 0.431 bits per heavy atom. The molecule has 8 aromatic rings. The van der Waals surface area contributed by atoms with E-state index in [-0.39, 0.29) is 5.41 Å². The van der Waals surface area contributed by atoms with Gasteiger partial charge >= 0.3 is 0 Å². The molecule has 0 amide bonds. The van der Waals surface area contributed by atoms with Crippen molar-refractivity contribution < 1.29 is 0 Å². The SMILES string of the molecule is CC1(C)c2ccccc2N(c2c(-c3ccccc3)ccc3ccccc23)c2cccc(N(c3ccccc3)c3ccc(-c4ccccc4)cc3)c21. The Kier molecular flexibility index (Phi) is 7.51. The summed E-state index contributed by atoms with van der Waals surface area (Å²) >= 11 is 0. The normalized spacial score (nSPS) is 13.0. The molecule has 2 nitrogen and oxygen atoms in total. The minimum Gasteiger partial charge on any atom is -0.310 e. The summed E-state index contributed by atoms with van der Waals surface area (Å²) in [6.45, 7) is 4.77. The van der Waals surface area contributed by atoms with Gasteiger partial charge in [-0.05, 0) is 70.1 Å². The molecule has 0 atom stereocenters. The monoisotopic (exact) mass is 654 g/mol. The van der Waals surface area contributed by atoms with Crippen LogP contribution >= 0.6 is 0 Å². The molecule has 0 aliphatic carbocycles. The van der Waals surface area contributed by atoms with Crippen LogP contribution in [-0.2, 0) is 5.41 Å². The van der Waals surface area contributed by atoms with Crippen LogP contribution in [0.2, 0.25) is 0 Å². The summed E-state index contributed by atoms with van der Waals surface area (Å²) in [5.74, 6) is 0. The Labute approximate surface area is 300 Å². The van der Waals surface area contributed by atoms with E-state index in [1.165, 1.54) is 61.2 Å². The molecule has 1 aliphatic rings. The molecule has 0 saturated carbocycles. The summed E-state index contributed by atoms with van der Waals surface area (Å²) < 4.78 is 0. The molecule has 1 aliphatic heterocycles. The van der Waals surface area contributed by atoms with Gasteiger partial charge in [-0.25, -0.2) is 0 Å². The topological polar surface area (TPSA) is 6.48 Å². The Bertz CT molecular complexity index is 2480. The van der Waals surface area contributed by atoms with Crippen LogP contribution in [0.3, 0.4) is 0 Å². The van der Waals surface area contributed by atoms with Gasteiger partial charge in [0.05, 0.1) is 22.7 Å². The molecule has 1 heterocycles. The van der Waals surface area contributed by atoms with E-state index in [1.807, 2.05) is 0 Å². The summed E-state index contributed by atoms with van der Waals surface area (Å²) in [7, 11) is 0. The molecule has 0 saturated heterocycles. The number of rotatable bonds is 6. The summed E-state index contributed by atoms with van der Waals surface area (Å²) in [6.07, 6.45) is 0. The van der Waals surface area contributed by atoms with Crippen molar-refractivity contribution in [2.45, 2.75) is 19.3 Å². The van der Waals surface area contributed by atoms with Crippen molar-refractivity contribution in [2.24, 2.45) is 0 Å². The summed E-state index contributed by atoms with van der Waals surface area (Å²) in [5.41, 5.74) is 14.1. The molecule has 0 unspecified atom stereocenters. The van der Waals surface area contributed by atoms with Gasteiger partial charge in [-0.1, -0.05) is 166 Å². The van der Waals surface area contributed by atoms with E-state index in [9.17, 15) is 0 Å². The highest BCUT2D eigenvalue weighted by Crippen LogP contribution is 2.58. The number of para-hydroxylation sites is 2. The molecule has 0 N–H and O–H groups in total. The second-order valence-corrected chi connectivity index (χ2v) is 13.8. The van der Waals surface area contributed by atoms with Crippen LogP contribution in [0.25, 0.3) is 33.0 Å². The number of benzene rings is 8. The van der Waals surface area contributed by atoms with E-state index in [0.717, 1.165) is 17.1 Å². The van der Waals surface area contributed by atoms with Crippen molar-refractivity contribution in [3.8, 4) is 22.3 Å². The first-order valence-corrected chi connectivity index (χ1v) is 17.7. The van der Waals surface area contributed by atoms with Crippen LogP contribution in [-0.4, -0.2) is 0 Å². The van der Waals surface area contributed by atoms with Crippen molar-refractivity contribution in [3.63, 3.8) is 0 Å². The van der Waals surface area contributed by atoms with Crippen LogP contribution < -0.4 is 9.80 Å². The predicted octanol–water partition coefficient (Wildman–Crippen LogP) is 13.8. The van der Waals surface area contributed by atoms with Crippen LogP contribution in [0.5, 0.6) is 0 Å². The van der Waals surface area contributed by atoms with Gasteiger partial charge in [-0.15, -0.1) is 0 Å². The third-order valence-electron chi connectivity index (χ3n) is 10.4. The van der Waals surface area contributed by atoms with Crippen LogP contribution in [0.15, 0.2) is 194 Å². The molecule has 0 bridgehead atoms. The molecule has 2 heteroatoms. The lowest BCUT2D eigenvalue weighted by atomic mass is 9.72. The minimum atomic E-state index is -0.312. The van der Waals surface area contributed by atoms with Gasteiger partial charge in [-0.3, -0.25) is 0 Å². The van der Waals surface area contributed by atoms with Gasteiger partial charge < -0.3 is 9.80 Å². The zero-order valence-electron chi connectivity index (χ0n) is 28.9. The smallest absolute Gasteiger partial charge is 0.0618 e. The number of hydrogen-bond donors (Lipinski definition) is 0. The number of hydrogen-bond acceptors (Lipinski definition) is 2. The van der Waals surface area contributed by atoms with Crippen molar-refractivity contribution in [1.82, 2.24) is 0 Å². The van der Waals surface area contributed by atoms with E-state index >= 15 is 0 Å². The Morgan fingerprint density at radius 3 is 1.75 bits per heavy atom. The van der Waals surface area contributed by atoms with Gasteiger partial charge in [-0.2, -0.15) is 0 Å². The molecule has 8 aromatic carbocycles. The molecule has 9 rings (SSSR count). The van der Waals surface area contributed by atoms with Gasteiger partial charge in [0.25, 0.3) is 0 Å². The molecule has 0 spiro atoms. The highest BCUT2D eigenvalue weighted by Gasteiger charge is 2.40. The summed E-state index contributed by atoms with van der Waals surface area (Å²) in [5, 5.41) is 2.44. The molecule has 0 fully saturated rings. The van der Waals surface area contributed by atoms with Crippen LogP contribution in [0, 0.1) is 0 Å². The maximum atomic E-state index is 2.53. The van der Waals surface area contributed by atoms with E-state index in [2.05, 4.69) is 218 Å². The molecule has 0 radical (unpaired) electrons. The standard InChI is InChI=1S/C49H38N2/c1-49(2)43-25-14-15-26-44(43)51(48-41-24-13-12-21-38(41)31-34-42(48)37-19-8-4-9-20-37)46-28-16-27-45(47(46)49)50(39-22-10-5-11-23-39)40-32-29-36(30-33-40)35-17-6-3-7-18-35/h3-34H,1-2H3. The number of nitrogens with zero attached hydrogens (tertiary/aromatic N) is 2. The maximum absolute atomic E-state index is 2.53. The highest BCUT2D eigenvalue weighted by molar-refractivity contribution is 6.08. The lowest BCUT2D eigenvalue weighted by Gasteiger charge is -2.45. The molecule has 51 heavy (non-hydrogen) atoms. The summed E-state index contributed by atoms with van der Waals surface area (Å²) in [4.78, 5) is 4.97. The predicted molar refractivity (Wildman–Crippen MR) is 216 cm³/mol. The third kappa shape index (κ3) is 5.19. The summed E-state index contributed by atoms with van der Waals surface area (Å²) in [6, 6.07) is 70.3. The second kappa shape index (κ2) is 12.5. The van der Waals surface area contributed by atoms with E-state index < -0.39 is 0 Å². The van der Waals surface area contributed by atoms with Gasteiger partial charge in [0.2, 0.25) is 0 Å². The van der Waals surface area contributed by atoms with Crippen LogP contribution in [0.1, 0.15) is 25.0 Å². The zero-order chi connectivity index (χ0) is 34.4. The van der Waals surface area contributed by atoms with Crippen molar-refractivity contribution in [3.05, 3.63) is 205 Å². The number of fused-ring (bicyclic) bond motifs is 3. The zero-order valence-corrected chi connectivity index (χ0v) is 28.9. The lowest BCUT2D eigenvalue weighted by molar-refractivity contribution is 0.632. The van der Waals surface area contributed by atoms with E-state index in [0.29, 0.717) is 0 Å². The van der Waals surface area contributed by atoms with Gasteiger partial charge in [0, 0.05) is 33.3 Å². The average Bonchev–Trinajstić information content (AvgIpc) is 3.19. The first-order chi connectivity index (χ1) is 25.1. The molecular weight excluding hydrogens is 617 g/mol. The fourth-order valence-electron chi connectivity index (χ4n) is 8.03. The van der Waals surface area contributed by atoms with Crippen LogP contribution in [0.4, 0.5) is 34.1 Å². The fourth-order valence-corrected chi connectivity index (χ4v) is 8.03. The van der Waals surface area contributed by atoms with Crippen molar-refractivity contribution in [2.75, 3.05) is 9.80 Å². The Morgan fingerprint density at radius 2 is 1.00 bits per heavy atom. The fraction of sp³-hybridized carbons (Fsp3) is 0.0612. The lowest BCUT2D eigenvalue weighted by Crippen LogP contribution is -2.32. The Balaban J connectivity index is 1.33. The average molecular weight is 655 g/mol. The number of anilines is 6. The van der Waals surface area contributed by atoms with Gasteiger partial charge in [0.15, 0.2) is 0 Å². The second-order valence-electron chi connectivity index (χ2n) is 13.8. The first kappa shape index (κ1) is 30.7. The molecule has 0 aromatic heterocycles. The first-order valence-electron chi connectivity index (χ1n) is 17.7. The Hall–Kier alpha value is -6.38. The van der Waals surface area contributed by atoms with Crippen molar-refractivity contribution in [1.29, 1.82) is 0 Å².